The number of aryl methyl sites for hydroxylation is 1. The van der Waals surface area contributed by atoms with Crippen LogP contribution in [0.25, 0.3) is 11.0 Å². The molecule has 74 valence electrons. The highest BCUT2D eigenvalue weighted by molar-refractivity contribution is 5.76. The second-order valence-electron chi connectivity index (χ2n) is 3.69. The van der Waals surface area contributed by atoms with Gasteiger partial charge in [-0.05, 0) is 17.7 Å². The minimum atomic E-state index is 0.184. The molecule has 0 fully saturated rings. The third-order valence-corrected chi connectivity index (χ3v) is 2.59. The van der Waals surface area contributed by atoms with Crippen molar-refractivity contribution in [3.05, 3.63) is 30.1 Å². The average Bonchev–Trinajstić information content (AvgIpc) is 2.59. The second kappa shape index (κ2) is 3.42. The zero-order valence-electron chi connectivity index (χ0n) is 8.44. The van der Waals surface area contributed by atoms with Crippen LogP contribution in [0.15, 0.2) is 24.5 Å². The summed E-state index contributed by atoms with van der Waals surface area (Å²) in [4.78, 5) is 4.24. The number of hydrogen-bond donors (Lipinski definition) is 1. The van der Waals surface area contributed by atoms with E-state index in [9.17, 15) is 0 Å². The molecule has 1 heterocycles. The maximum absolute atomic E-state index is 9.06. The first-order valence-electron chi connectivity index (χ1n) is 4.74. The fourth-order valence-corrected chi connectivity index (χ4v) is 1.56. The van der Waals surface area contributed by atoms with Gasteiger partial charge in [0.1, 0.15) is 0 Å². The van der Waals surface area contributed by atoms with Crippen LogP contribution in [0.4, 0.5) is 0 Å². The molecule has 14 heavy (non-hydrogen) atoms. The third kappa shape index (κ3) is 1.40. The van der Waals surface area contributed by atoms with Gasteiger partial charge in [0.2, 0.25) is 0 Å². The van der Waals surface area contributed by atoms with E-state index in [1.165, 1.54) is 0 Å². The number of imidazole rings is 1. The van der Waals surface area contributed by atoms with Gasteiger partial charge in [-0.2, -0.15) is 0 Å². The number of aliphatic hydroxyl groups is 1. The molecular weight excluding hydrogens is 176 g/mol. The van der Waals surface area contributed by atoms with E-state index >= 15 is 0 Å². The van der Waals surface area contributed by atoms with Crippen molar-refractivity contribution in [2.45, 2.75) is 12.8 Å². The second-order valence-corrected chi connectivity index (χ2v) is 3.69. The van der Waals surface area contributed by atoms with E-state index in [-0.39, 0.29) is 12.5 Å². The summed E-state index contributed by atoms with van der Waals surface area (Å²) in [7, 11) is 1.97. The molecule has 1 unspecified atom stereocenters. The molecular formula is C11H14N2O. The normalized spacial score (nSPS) is 13.4. The van der Waals surface area contributed by atoms with Crippen molar-refractivity contribution in [3.63, 3.8) is 0 Å². The molecule has 0 bridgehead atoms. The van der Waals surface area contributed by atoms with E-state index in [0.29, 0.717) is 0 Å². The van der Waals surface area contributed by atoms with Crippen molar-refractivity contribution >= 4 is 11.0 Å². The van der Waals surface area contributed by atoms with Crippen molar-refractivity contribution < 1.29 is 5.11 Å². The summed E-state index contributed by atoms with van der Waals surface area (Å²) >= 11 is 0. The van der Waals surface area contributed by atoms with E-state index in [1.807, 2.05) is 30.7 Å². The Morgan fingerprint density at radius 2 is 2.29 bits per heavy atom. The van der Waals surface area contributed by atoms with Crippen LogP contribution in [-0.4, -0.2) is 21.3 Å². The highest BCUT2D eigenvalue weighted by Crippen LogP contribution is 2.20. The summed E-state index contributed by atoms with van der Waals surface area (Å²) < 4.78 is 1.99. The molecule has 3 nitrogen and oxygen atoms in total. The molecule has 0 aliphatic rings. The average molecular weight is 190 g/mol. The molecule has 0 saturated heterocycles. The number of aromatic nitrogens is 2. The fourth-order valence-electron chi connectivity index (χ4n) is 1.56. The van der Waals surface area contributed by atoms with Crippen LogP contribution in [0.5, 0.6) is 0 Å². The van der Waals surface area contributed by atoms with E-state index < -0.39 is 0 Å². The number of nitrogens with zero attached hydrogens (tertiary/aromatic N) is 2. The van der Waals surface area contributed by atoms with Crippen LogP contribution in [0.1, 0.15) is 18.4 Å². The third-order valence-electron chi connectivity index (χ3n) is 2.59. The number of fused-ring (bicyclic) bond motifs is 1. The SMILES string of the molecule is CC(CO)c1ccc2ncn(C)c2c1. The van der Waals surface area contributed by atoms with E-state index in [1.54, 1.807) is 6.33 Å². The standard InChI is InChI=1S/C11H14N2O/c1-8(6-14)9-3-4-10-11(5-9)13(2)7-12-10/h3-5,7-8,14H,6H2,1-2H3. The van der Waals surface area contributed by atoms with Crippen LogP contribution < -0.4 is 0 Å². The molecule has 2 aromatic rings. The van der Waals surface area contributed by atoms with Gasteiger partial charge >= 0.3 is 0 Å². The molecule has 0 spiro atoms. The van der Waals surface area contributed by atoms with Gasteiger partial charge < -0.3 is 9.67 Å². The molecule has 1 aromatic carbocycles. The molecule has 2 rings (SSSR count). The Morgan fingerprint density at radius 1 is 1.50 bits per heavy atom. The lowest BCUT2D eigenvalue weighted by molar-refractivity contribution is 0.273. The Morgan fingerprint density at radius 3 is 3.00 bits per heavy atom. The summed E-state index contributed by atoms with van der Waals surface area (Å²) in [5.41, 5.74) is 3.27. The number of aliphatic hydroxyl groups excluding tert-OH is 1. The smallest absolute Gasteiger partial charge is 0.0955 e. The predicted molar refractivity (Wildman–Crippen MR) is 56.2 cm³/mol. The lowest BCUT2D eigenvalue weighted by Gasteiger charge is -2.08. The topological polar surface area (TPSA) is 38.1 Å². The minimum Gasteiger partial charge on any atom is -0.396 e. The Labute approximate surface area is 83.0 Å². The number of benzene rings is 1. The maximum atomic E-state index is 9.06. The quantitative estimate of drug-likeness (QED) is 0.782. The first-order valence-corrected chi connectivity index (χ1v) is 4.74. The summed E-state index contributed by atoms with van der Waals surface area (Å²) in [5.74, 6) is 0.189. The molecule has 1 atom stereocenters. The molecule has 0 aliphatic heterocycles. The summed E-state index contributed by atoms with van der Waals surface area (Å²) in [6.45, 7) is 2.20. The first kappa shape index (κ1) is 9.21. The highest BCUT2D eigenvalue weighted by Gasteiger charge is 2.06. The van der Waals surface area contributed by atoms with Gasteiger partial charge in [-0.1, -0.05) is 13.0 Å². The van der Waals surface area contributed by atoms with Gasteiger partial charge in [0.05, 0.1) is 17.4 Å². The zero-order chi connectivity index (χ0) is 10.1. The Hall–Kier alpha value is -1.35. The highest BCUT2D eigenvalue weighted by atomic mass is 16.3. The van der Waals surface area contributed by atoms with Crippen LogP contribution in [-0.2, 0) is 7.05 Å². The van der Waals surface area contributed by atoms with Gasteiger partial charge in [-0.15, -0.1) is 0 Å². The van der Waals surface area contributed by atoms with E-state index in [4.69, 9.17) is 5.11 Å². The van der Waals surface area contributed by atoms with Crippen molar-refractivity contribution in [1.29, 1.82) is 0 Å². The van der Waals surface area contributed by atoms with Crippen LogP contribution >= 0.6 is 0 Å². The predicted octanol–water partition coefficient (Wildman–Crippen LogP) is 1.67. The Bertz CT molecular complexity index is 447. The Balaban J connectivity index is 2.54. The summed E-state index contributed by atoms with van der Waals surface area (Å²) in [5, 5.41) is 9.06. The van der Waals surface area contributed by atoms with Crippen molar-refractivity contribution in [3.8, 4) is 0 Å². The lowest BCUT2D eigenvalue weighted by atomic mass is 10.0. The number of rotatable bonds is 2. The van der Waals surface area contributed by atoms with Crippen LogP contribution in [0.2, 0.25) is 0 Å². The van der Waals surface area contributed by atoms with Crippen molar-refractivity contribution in [2.24, 2.45) is 7.05 Å². The van der Waals surface area contributed by atoms with Crippen LogP contribution in [0, 0.1) is 0 Å². The monoisotopic (exact) mass is 190 g/mol. The first-order chi connectivity index (χ1) is 6.72. The largest absolute Gasteiger partial charge is 0.396 e. The van der Waals surface area contributed by atoms with Gasteiger partial charge in [0, 0.05) is 19.6 Å². The van der Waals surface area contributed by atoms with E-state index in [0.717, 1.165) is 16.6 Å². The van der Waals surface area contributed by atoms with Crippen molar-refractivity contribution in [2.75, 3.05) is 6.61 Å². The summed E-state index contributed by atoms with van der Waals surface area (Å²) in [6.07, 6.45) is 1.80. The molecule has 0 radical (unpaired) electrons. The maximum Gasteiger partial charge on any atom is 0.0955 e. The molecule has 0 aliphatic carbocycles. The lowest BCUT2D eigenvalue weighted by Crippen LogP contribution is -1.98. The van der Waals surface area contributed by atoms with Gasteiger partial charge in [-0.3, -0.25) is 0 Å². The molecule has 1 N–H and O–H groups in total. The molecule has 3 heteroatoms. The molecule has 0 saturated carbocycles. The van der Waals surface area contributed by atoms with Gasteiger partial charge in [-0.25, -0.2) is 4.98 Å². The van der Waals surface area contributed by atoms with Crippen LogP contribution in [0.3, 0.4) is 0 Å². The minimum absolute atomic E-state index is 0.184. The molecule has 1 aromatic heterocycles. The fraction of sp³-hybridized carbons (Fsp3) is 0.364. The van der Waals surface area contributed by atoms with Gasteiger partial charge in [0.15, 0.2) is 0 Å². The summed E-state index contributed by atoms with van der Waals surface area (Å²) in [6, 6.07) is 6.11. The Kier molecular flexibility index (Phi) is 2.25. The van der Waals surface area contributed by atoms with E-state index in [2.05, 4.69) is 11.1 Å². The van der Waals surface area contributed by atoms with Crippen molar-refractivity contribution in [1.82, 2.24) is 9.55 Å². The zero-order valence-corrected chi connectivity index (χ0v) is 8.44. The number of hydrogen-bond acceptors (Lipinski definition) is 2. The van der Waals surface area contributed by atoms with Gasteiger partial charge in [0.25, 0.3) is 0 Å². The molecule has 0 amide bonds.